The van der Waals surface area contributed by atoms with E-state index in [4.69, 9.17) is 4.74 Å². The first kappa shape index (κ1) is 19.8. The number of amides is 1. The first-order valence-corrected chi connectivity index (χ1v) is 10.8. The van der Waals surface area contributed by atoms with Crippen molar-refractivity contribution in [3.63, 3.8) is 0 Å². The molecule has 1 saturated carbocycles. The Labute approximate surface area is 160 Å². The Morgan fingerprint density at radius 1 is 1.19 bits per heavy atom. The number of ether oxygens (including phenoxy) is 1. The van der Waals surface area contributed by atoms with Crippen LogP contribution in [0.1, 0.15) is 54.9 Å². The van der Waals surface area contributed by atoms with Gasteiger partial charge < -0.3 is 10.1 Å². The summed E-state index contributed by atoms with van der Waals surface area (Å²) in [7, 11) is -3.64. The monoisotopic (exact) mass is 394 g/mol. The molecule has 1 aromatic rings. The smallest absolute Gasteiger partial charge is 0.339 e. The van der Waals surface area contributed by atoms with Gasteiger partial charge in [-0.05, 0) is 57.2 Å². The lowest BCUT2D eigenvalue weighted by atomic mass is 10.1. The van der Waals surface area contributed by atoms with E-state index in [1.807, 2.05) is 0 Å². The third-order valence-electron chi connectivity index (χ3n) is 4.96. The molecule has 0 bridgehead atoms. The second-order valence-corrected chi connectivity index (χ2v) is 9.21. The number of hydrogen-bond donors (Lipinski definition) is 1. The van der Waals surface area contributed by atoms with Crippen molar-refractivity contribution in [3.8, 4) is 0 Å². The largest absolute Gasteiger partial charge is 0.449 e. The molecule has 1 aliphatic heterocycles. The minimum absolute atomic E-state index is 0.0806. The van der Waals surface area contributed by atoms with Crippen molar-refractivity contribution in [2.45, 2.75) is 63.0 Å². The maximum atomic E-state index is 12.8. The molecule has 148 valence electrons. The van der Waals surface area contributed by atoms with Crippen LogP contribution >= 0.6 is 0 Å². The molecule has 27 heavy (non-hydrogen) atoms. The third-order valence-corrected chi connectivity index (χ3v) is 6.85. The van der Waals surface area contributed by atoms with Crippen LogP contribution in [0, 0.1) is 6.92 Å². The zero-order chi connectivity index (χ0) is 19.6. The quantitative estimate of drug-likeness (QED) is 0.745. The number of carbonyl (C=O) groups is 2. The van der Waals surface area contributed by atoms with Gasteiger partial charge in [0.15, 0.2) is 6.10 Å². The second-order valence-electron chi connectivity index (χ2n) is 7.27. The molecule has 0 aromatic heterocycles. The van der Waals surface area contributed by atoms with E-state index in [0.29, 0.717) is 18.7 Å². The number of rotatable bonds is 6. The molecule has 1 heterocycles. The topological polar surface area (TPSA) is 92.8 Å². The van der Waals surface area contributed by atoms with Crippen LogP contribution < -0.4 is 5.32 Å². The maximum Gasteiger partial charge on any atom is 0.339 e. The second kappa shape index (κ2) is 7.98. The lowest BCUT2D eigenvalue weighted by Crippen LogP contribution is -2.37. The van der Waals surface area contributed by atoms with Crippen molar-refractivity contribution in [1.29, 1.82) is 0 Å². The highest BCUT2D eigenvalue weighted by atomic mass is 32.2. The van der Waals surface area contributed by atoms with Gasteiger partial charge in [0.2, 0.25) is 10.0 Å². The summed E-state index contributed by atoms with van der Waals surface area (Å²) in [5, 5.41) is 2.78. The van der Waals surface area contributed by atoms with Crippen molar-refractivity contribution in [1.82, 2.24) is 9.62 Å². The molecule has 3 rings (SSSR count). The molecule has 0 spiro atoms. The lowest BCUT2D eigenvalue weighted by molar-refractivity contribution is -0.129. The number of aryl methyl sites for hydroxylation is 1. The first-order valence-electron chi connectivity index (χ1n) is 9.41. The minimum atomic E-state index is -3.64. The molecular formula is C19H26N2O5S. The van der Waals surface area contributed by atoms with Gasteiger partial charge in [-0.2, -0.15) is 4.31 Å². The number of nitrogens with zero attached hydrogens (tertiary/aromatic N) is 1. The molecule has 8 heteroatoms. The van der Waals surface area contributed by atoms with E-state index < -0.39 is 22.1 Å². The summed E-state index contributed by atoms with van der Waals surface area (Å²) < 4.78 is 32.4. The predicted molar refractivity (Wildman–Crippen MR) is 99.8 cm³/mol. The molecule has 0 unspecified atom stereocenters. The Hall–Kier alpha value is -1.93. The Kier molecular flexibility index (Phi) is 5.86. The number of carbonyl (C=O) groups excluding carboxylic acids is 2. The third kappa shape index (κ3) is 4.68. The number of hydrogen-bond acceptors (Lipinski definition) is 5. The van der Waals surface area contributed by atoms with Crippen LogP contribution in [-0.2, 0) is 19.6 Å². The molecule has 1 aliphatic carbocycles. The Morgan fingerprint density at radius 3 is 2.48 bits per heavy atom. The summed E-state index contributed by atoms with van der Waals surface area (Å²) in [6, 6.07) is 4.65. The number of benzene rings is 1. The summed E-state index contributed by atoms with van der Waals surface area (Å²) >= 11 is 0. The summed E-state index contributed by atoms with van der Waals surface area (Å²) in [6.07, 6.45) is 3.67. The van der Waals surface area contributed by atoms with Crippen molar-refractivity contribution < 1.29 is 22.7 Å². The zero-order valence-corrected chi connectivity index (χ0v) is 16.5. The molecule has 1 atom stereocenters. The van der Waals surface area contributed by atoms with Gasteiger partial charge in [0.05, 0.1) is 10.5 Å². The predicted octanol–water partition coefficient (Wildman–Crippen LogP) is 1.99. The molecule has 0 radical (unpaired) electrons. The Bertz CT molecular complexity index is 827. The van der Waals surface area contributed by atoms with Crippen LogP contribution in [0.4, 0.5) is 0 Å². The maximum absolute atomic E-state index is 12.8. The molecule has 2 fully saturated rings. The van der Waals surface area contributed by atoms with Gasteiger partial charge in [-0.15, -0.1) is 0 Å². The molecule has 7 nitrogen and oxygen atoms in total. The zero-order valence-electron chi connectivity index (χ0n) is 15.7. The van der Waals surface area contributed by atoms with Crippen LogP contribution in [0.15, 0.2) is 23.1 Å². The van der Waals surface area contributed by atoms with Crippen LogP contribution in [0.5, 0.6) is 0 Å². The van der Waals surface area contributed by atoms with Gasteiger partial charge in [-0.25, -0.2) is 13.2 Å². The first-order chi connectivity index (χ1) is 12.8. The summed E-state index contributed by atoms with van der Waals surface area (Å²) in [4.78, 5) is 24.6. The van der Waals surface area contributed by atoms with E-state index in [9.17, 15) is 18.0 Å². The van der Waals surface area contributed by atoms with Gasteiger partial charge >= 0.3 is 5.97 Å². The fourth-order valence-corrected chi connectivity index (χ4v) is 4.60. The average molecular weight is 394 g/mol. The summed E-state index contributed by atoms with van der Waals surface area (Å²) in [5.74, 6) is -1.03. The standard InChI is InChI=1S/C19H26N2O5S/c1-13-6-9-16(27(24,25)21-10-4-3-5-11-21)12-17(13)19(23)26-14(2)18(22)20-15-7-8-15/h6,9,12,14-15H,3-5,7-8,10-11H2,1-2H3,(H,20,22)/t14-/m0/s1. The van der Waals surface area contributed by atoms with Crippen LogP contribution in [-0.4, -0.2) is 49.8 Å². The fourth-order valence-electron chi connectivity index (χ4n) is 3.06. The van der Waals surface area contributed by atoms with Crippen LogP contribution in [0.3, 0.4) is 0 Å². The van der Waals surface area contributed by atoms with E-state index >= 15 is 0 Å². The van der Waals surface area contributed by atoms with Crippen molar-refractivity contribution in [2.75, 3.05) is 13.1 Å². The van der Waals surface area contributed by atoms with Gasteiger partial charge in [0, 0.05) is 19.1 Å². The molecule has 1 N–H and O–H groups in total. The van der Waals surface area contributed by atoms with Gasteiger partial charge in [0.25, 0.3) is 5.91 Å². The van der Waals surface area contributed by atoms with E-state index in [1.54, 1.807) is 13.0 Å². The van der Waals surface area contributed by atoms with Gasteiger partial charge in [-0.3, -0.25) is 4.79 Å². The van der Waals surface area contributed by atoms with E-state index in [1.165, 1.54) is 23.4 Å². The molecule has 1 amide bonds. The highest BCUT2D eigenvalue weighted by Crippen LogP contribution is 2.24. The molecule has 1 aromatic carbocycles. The van der Waals surface area contributed by atoms with Crippen LogP contribution in [0.2, 0.25) is 0 Å². The van der Waals surface area contributed by atoms with Gasteiger partial charge in [0.1, 0.15) is 0 Å². The number of nitrogens with one attached hydrogen (secondary N) is 1. The lowest BCUT2D eigenvalue weighted by Gasteiger charge is -2.26. The number of piperidine rings is 1. The van der Waals surface area contributed by atoms with Crippen molar-refractivity contribution in [3.05, 3.63) is 29.3 Å². The normalized spacial score (nSPS) is 19.3. The summed E-state index contributed by atoms with van der Waals surface area (Å²) in [6.45, 7) is 4.21. The van der Waals surface area contributed by atoms with Gasteiger partial charge in [-0.1, -0.05) is 12.5 Å². The highest BCUT2D eigenvalue weighted by molar-refractivity contribution is 7.89. The highest BCUT2D eigenvalue weighted by Gasteiger charge is 2.29. The summed E-state index contributed by atoms with van der Waals surface area (Å²) in [5.41, 5.74) is 0.770. The van der Waals surface area contributed by atoms with Crippen LogP contribution in [0.25, 0.3) is 0 Å². The molecule has 2 aliphatic rings. The van der Waals surface area contributed by atoms with Crippen molar-refractivity contribution in [2.24, 2.45) is 0 Å². The number of sulfonamides is 1. The fraction of sp³-hybridized carbons (Fsp3) is 0.579. The average Bonchev–Trinajstić information content (AvgIpc) is 3.46. The minimum Gasteiger partial charge on any atom is -0.449 e. The van der Waals surface area contributed by atoms with Crippen molar-refractivity contribution >= 4 is 21.9 Å². The van der Waals surface area contributed by atoms with E-state index in [-0.39, 0.29) is 22.4 Å². The Balaban J connectivity index is 1.75. The molecular weight excluding hydrogens is 368 g/mol. The SMILES string of the molecule is Cc1ccc(S(=O)(=O)N2CCCCC2)cc1C(=O)O[C@@H](C)C(=O)NC1CC1. The van der Waals surface area contributed by atoms with E-state index in [0.717, 1.165) is 32.1 Å². The molecule has 1 saturated heterocycles. The number of esters is 1. The van der Waals surface area contributed by atoms with E-state index in [2.05, 4.69) is 5.32 Å². The Morgan fingerprint density at radius 2 is 1.85 bits per heavy atom.